The van der Waals surface area contributed by atoms with Crippen molar-refractivity contribution in [2.75, 3.05) is 70.1 Å². The number of sulfonamides is 2. The van der Waals surface area contributed by atoms with E-state index in [1.807, 2.05) is 13.0 Å². The first-order valence-electron chi connectivity index (χ1n) is 20.4. The number of fused-ring (bicyclic) bond motifs is 5. The van der Waals surface area contributed by atoms with Crippen LogP contribution in [0.25, 0.3) is 0 Å². The predicted octanol–water partition coefficient (Wildman–Crippen LogP) is 4.46. The van der Waals surface area contributed by atoms with Crippen LogP contribution in [0.15, 0.2) is 36.4 Å². The Kier molecular flexibility index (Phi) is 12.5. The number of hydrogen-bond donors (Lipinski definition) is 2. The fourth-order valence-corrected chi connectivity index (χ4v) is 12.3. The Bertz CT molecular complexity index is 2000. The molecule has 1 spiro atoms. The summed E-state index contributed by atoms with van der Waals surface area (Å²) in [4.78, 5) is 30.4. The molecule has 2 aromatic rings. The van der Waals surface area contributed by atoms with Crippen molar-refractivity contribution in [3.63, 3.8) is 0 Å². The molecule has 308 valence electrons. The summed E-state index contributed by atoms with van der Waals surface area (Å²) in [5, 5.41) is 3.29. The van der Waals surface area contributed by atoms with E-state index < -0.39 is 31.2 Å². The molecule has 2 aliphatic carbocycles. The number of nitrogens with zero attached hydrogens (tertiary/aromatic N) is 3. The normalized spacial score (nSPS) is 32.4. The third-order valence-corrected chi connectivity index (χ3v) is 17.1. The summed E-state index contributed by atoms with van der Waals surface area (Å²) in [6.45, 7) is 10.7. The van der Waals surface area contributed by atoms with Crippen LogP contribution in [0.4, 0.5) is 5.69 Å². The maximum absolute atomic E-state index is 13.3. The molecule has 1 amide bonds. The fourth-order valence-electron chi connectivity index (χ4n) is 9.95. The van der Waals surface area contributed by atoms with Gasteiger partial charge in [0.05, 0.1) is 23.8 Å². The molecular formula is C41H58ClN5O7S2. The van der Waals surface area contributed by atoms with Crippen molar-refractivity contribution >= 4 is 49.5 Å². The lowest BCUT2D eigenvalue weighted by atomic mass is 9.65. The summed E-state index contributed by atoms with van der Waals surface area (Å²) < 4.78 is 59.6. The van der Waals surface area contributed by atoms with E-state index in [9.17, 15) is 26.4 Å². The first-order chi connectivity index (χ1) is 26.7. The number of benzene rings is 2. The minimum absolute atomic E-state index is 0.0315. The summed E-state index contributed by atoms with van der Waals surface area (Å²) in [6.07, 6.45) is 9.72. The number of rotatable bonds is 2. The Morgan fingerprint density at radius 1 is 1.00 bits per heavy atom. The molecule has 0 aromatic heterocycles. The standard InChI is InChI=1S/C33H41ClN2O5S.C8H17N3O2S/c1-21-5-3-6-26(18-37)28-11-8-25(28)17-36-19-33(14-4-7-23-15-27(34)10-12-29(23)33)20-41-31-13-9-24(16-30(31)36)32(38)35-42(39,40)22(21)2;1-14(12,13)11-5-4-10-3-2-9-6-8(10)7-11/h9-10,12-13,15-16,18,21-22,25-26,28H,3-8,11,14,17,19-20H2,1-2H3,(H,35,38);8-9H,2-7H2,1H3/t21-,22+,25-,26?,28+,33-;8-/m00/s1. The van der Waals surface area contributed by atoms with Gasteiger partial charge in [0.2, 0.25) is 20.0 Å². The second kappa shape index (κ2) is 16.8. The van der Waals surface area contributed by atoms with Crippen LogP contribution in [-0.2, 0) is 36.7 Å². The highest BCUT2D eigenvalue weighted by atomic mass is 35.5. The number of aldehydes is 1. The number of anilines is 1. The molecule has 56 heavy (non-hydrogen) atoms. The molecule has 2 N–H and O–H groups in total. The van der Waals surface area contributed by atoms with Crippen LogP contribution >= 0.6 is 11.6 Å². The average molecular weight is 833 g/mol. The van der Waals surface area contributed by atoms with Crippen molar-refractivity contribution in [1.82, 2.24) is 19.2 Å². The molecule has 3 fully saturated rings. The third-order valence-electron chi connectivity index (χ3n) is 13.7. The van der Waals surface area contributed by atoms with E-state index >= 15 is 0 Å². The van der Waals surface area contributed by atoms with Crippen molar-refractivity contribution in [2.24, 2.45) is 23.7 Å². The molecule has 7 atom stereocenters. The summed E-state index contributed by atoms with van der Waals surface area (Å²) in [7, 11) is -6.89. The van der Waals surface area contributed by atoms with Gasteiger partial charge < -0.3 is 19.7 Å². The molecule has 12 nitrogen and oxygen atoms in total. The number of halogens is 1. The second-order valence-electron chi connectivity index (χ2n) is 17.2. The van der Waals surface area contributed by atoms with Crippen molar-refractivity contribution in [1.29, 1.82) is 0 Å². The highest BCUT2D eigenvalue weighted by Gasteiger charge is 2.45. The zero-order valence-corrected chi connectivity index (χ0v) is 35.3. The molecule has 4 heterocycles. The van der Waals surface area contributed by atoms with E-state index in [1.165, 1.54) is 17.4 Å². The van der Waals surface area contributed by atoms with Crippen LogP contribution in [0.1, 0.15) is 80.3 Å². The Morgan fingerprint density at radius 2 is 1.82 bits per heavy atom. The molecular weight excluding hydrogens is 774 g/mol. The first kappa shape index (κ1) is 41.4. The number of hydrogen-bond acceptors (Lipinski definition) is 10. The van der Waals surface area contributed by atoms with Gasteiger partial charge in [-0.15, -0.1) is 0 Å². The lowest BCUT2D eigenvalue weighted by Gasteiger charge is -2.46. The van der Waals surface area contributed by atoms with Gasteiger partial charge in [0, 0.05) is 80.3 Å². The lowest BCUT2D eigenvalue weighted by molar-refractivity contribution is -0.115. The molecule has 2 aromatic carbocycles. The number of nitrogens with one attached hydrogen (secondary N) is 2. The topological polar surface area (TPSA) is 145 Å². The smallest absolute Gasteiger partial charge is 0.264 e. The van der Waals surface area contributed by atoms with E-state index in [0.717, 1.165) is 94.7 Å². The van der Waals surface area contributed by atoms with Crippen LogP contribution < -0.4 is 19.7 Å². The highest BCUT2D eigenvalue weighted by Crippen LogP contribution is 2.47. The van der Waals surface area contributed by atoms with Crippen LogP contribution in [0, 0.1) is 23.7 Å². The fraction of sp³-hybridized carbons (Fsp3) is 0.659. The number of amides is 1. The number of piperazine rings is 2. The largest absolute Gasteiger partial charge is 0.490 e. The van der Waals surface area contributed by atoms with Gasteiger partial charge in [-0.1, -0.05) is 31.0 Å². The minimum Gasteiger partial charge on any atom is -0.490 e. The zero-order valence-electron chi connectivity index (χ0n) is 32.9. The average Bonchev–Trinajstić information content (AvgIpc) is 3.31. The van der Waals surface area contributed by atoms with E-state index in [-0.39, 0.29) is 17.3 Å². The number of ether oxygens (including phenoxy) is 1. The molecule has 8 rings (SSSR count). The van der Waals surface area contributed by atoms with Gasteiger partial charge in [-0.25, -0.2) is 21.6 Å². The Morgan fingerprint density at radius 3 is 2.57 bits per heavy atom. The van der Waals surface area contributed by atoms with Gasteiger partial charge >= 0.3 is 0 Å². The molecule has 6 aliphatic rings. The number of carbonyl (C=O) groups excluding carboxylic acids is 2. The van der Waals surface area contributed by atoms with Gasteiger partial charge in [0.1, 0.15) is 12.0 Å². The lowest BCUT2D eigenvalue weighted by Crippen LogP contribution is -2.61. The van der Waals surface area contributed by atoms with Gasteiger partial charge in [-0.3, -0.25) is 9.69 Å². The van der Waals surface area contributed by atoms with Crippen LogP contribution in [0.5, 0.6) is 5.75 Å². The molecule has 0 radical (unpaired) electrons. The van der Waals surface area contributed by atoms with Crippen LogP contribution in [-0.4, -0.2) is 115 Å². The summed E-state index contributed by atoms with van der Waals surface area (Å²) in [5.74, 6) is 0.559. The minimum atomic E-state index is -3.89. The third kappa shape index (κ3) is 8.80. The van der Waals surface area contributed by atoms with Crippen molar-refractivity contribution in [3.05, 3.63) is 58.1 Å². The van der Waals surface area contributed by atoms with E-state index in [0.29, 0.717) is 61.9 Å². The molecule has 2 bridgehead atoms. The summed E-state index contributed by atoms with van der Waals surface area (Å²) >= 11 is 6.39. The number of aryl methyl sites for hydroxylation is 1. The summed E-state index contributed by atoms with van der Waals surface area (Å²) in [6, 6.07) is 11.8. The molecule has 15 heteroatoms. The monoisotopic (exact) mass is 831 g/mol. The maximum atomic E-state index is 13.3. The van der Waals surface area contributed by atoms with Crippen molar-refractivity contribution in [3.8, 4) is 5.75 Å². The van der Waals surface area contributed by atoms with E-state index in [4.69, 9.17) is 16.3 Å². The van der Waals surface area contributed by atoms with E-state index in [1.54, 1.807) is 29.4 Å². The molecule has 2 saturated heterocycles. The summed E-state index contributed by atoms with van der Waals surface area (Å²) in [5.41, 5.74) is 3.37. The Hall–Kier alpha value is -2.75. The SMILES string of the molecule is CS(=O)(=O)N1CCN2CCNC[C@H]2C1.C[C@@H]1[C@@H](C)CCCC(C=O)[C@@H]2CC[C@H]2CN2C[C@@]3(CCCc4cc(Cl)ccc43)COc3ccc(cc32)C(=O)NS1(=O)=O. The van der Waals surface area contributed by atoms with Gasteiger partial charge in [-0.05, 0) is 111 Å². The maximum Gasteiger partial charge on any atom is 0.264 e. The quantitative estimate of drug-likeness (QED) is 0.417. The van der Waals surface area contributed by atoms with Gasteiger partial charge in [-0.2, -0.15) is 4.31 Å². The van der Waals surface area contributed by atoms with E-state index in [2.05, 4.69) is 32.0 Å². The molecule has 4 aliphatic heterocycles. The molecule has 1 saturated carbocycles. The second-order valence-corrected chi connectivity index (χ2v) is 21.6. The Balaban J connectivity index is 0.000000288. The molecule has 1 unspecified atom stereocenters. The highest BCUT2D eigenvalue weighted by molar-refractivity contribution is 7.90. The van der Waals surface area contributed by atoms with Gasteiger partial charge in [0.15, 0.2) is 0 Å². The van der Waals surface area contributed by atoms with Crippen molar-refractivity contribution < 1.29 is 31.2 Å². The first-order valence-corrected chi connectivity index (χ1v) is 24.2. The zero-order chi connectivity index (χ0) is 39.8. The number of carbonyl (C=O) groups is 2. The predicted molar refractivity (Wildman–Crippen MR) is 219 cm³/mol. The van der Waals surface area contributed by atoms with Crippen LogP contribution in [0.3, 0.4) is 0 Å². The van der Waals surface area contributed by atoms with Gasteiger partial charge in [0.25, 0.3) is 5.91 Å². The Labute approximate surface area is 338 Å². The van der Waals surface area contributed by atoms with Crippen LogP contribution in [0.2, 0.25) is 5.02 Å². The van der Waals surface area contributed by atoms with Crippen molar-refractivity contribution in [2.45, 2.75) is 81.9 Å².